The molecule has 32 heavy (non-hydrogen) atoms. The van der Waals surface area contributed by atoms with E-state index in [1.165, 1.54) is 11.8 Å². The van der Waals surface area contributed by atoms with Crippen molar-refractivity contribution < 1.29 is 24.5 Å². The largest absolute Gasteiger partial charge is 0.461 e. The Labute approximate surface area is 196 Å². The van der Waals surface area contributed by atoms with Gasteiger partial charge in [0.1, 0.15) is 11.9 Å². The third-order valence-electron chi connectivity index (χ3n) is 9.58. The van der Waals surface area contributed by atoms with Crippen LogP contribution in [0.15, 0.2) is 0 Å². The Bertz CT molecular complexity index is 733. The minimum absolute atomic E-state index is 0.00921. The van der Waals surface area contributed by atoms with E-state index < -0.39 is 17.6 Å². The Morgan fingerprint density at radius 1 is 1.22 bits per heavy atom. The molecule has 0 heterocycles. The highest BCUT2D eigenvalue weighted by molar-refractivity contribution is 8.00. The number of esters is 1. The van der Waals surface area contributed by atoms with Crippen LogP contribution in [0.3, 0.4) is 0 Å². The Kier molecular flexibility index (Phi) is 7.04. The monoisotopic (exact) mass is 467 g/mol. The van der Waals surface area contributed by atoms with Gasteiger partial charge >= 0.3 is 5.97 Å². The van der Waals surface area contributed by atoms with Gasteiger partial charge < -0.3 is 20.7 Å². The van der Waals surface area contributed by atoms with Gasteiger partial charge in [0.25, 0.3) is 0 Å². The first-order valence-electron chi connectivity index (χ1n) is 12.6. The molecular formula is C25H41NO5S. The molecule has 0 aromatic rings. The van der Waals surface area contributed by atoms with Crippen LogP contribution in [0, 0.1) is 28.6 Å². The first-order chi connectivity index (χ1) is 15.1. The predicted molar refractivity (Wildman–Crippen MR) is 125 cm³/mol. The molecule has 0 saturated heterocycles. The molecule has 7 heteroatoms. The van der Waals surface area contributed by atoms with Crippen molar-refractivity contribution in [2.45, 2.75) is 108 Å². The zero-order valence-electron chi connectivity index (χ0n) is 19.8. The minimum Gasteiger partial charge on any atom is -0.461 e. The lowest BCUT2D eigenvalue weighted by Gasteiger charge is -2.46. The third kappa shape index (κ3) is 4.16. The molecule has 0 aromatic carbocycles. The highest BCUT2D eigenvalue weighted by Gasteiger charge is 2.68. The van der Waals surface area contributed by atoms with E-state index in [1.807, 2.05) is 0 Å². The first-order valence-corrected chi connectivity index (χ1v) is 13.6. The predicted octanol–water partition coefficient (Wildman–Crippen LogP) is 3.06. The number of hydrogen-bond acceptors (Lipinski definition) is 7. The lowest BCUT2D eigenvalue weighted by molar-refractivity contribution is -0.166. The zero-order chi connectivity index (χ0) is 23.3. The second-order valence-electron chi connectivity index (χ2n) is 11.4. The molecule has 4 aliphatic carbocycles. The summed E-state index contributed by atoms with van der Waals surface area (Å²) >= 11 is 1.46. The van der Waals surface area contributed by atoms with Gasteiger partial charge in [-0.2, -0.15) is 0 Å². The molecule has 4 rings (SSSR count). The molecule has 0 spiro atoms. The minimum atomic E-state index is -0.485. The van der Waals surface area contributed by atoms with E-state index in [4.69, 9.17) is 10.5 Å². The lowest BCUT2D eigenvalue weighted by atomic mass is 9.61. The van der Waals surface area contributed by atoms with Crippen LogP contribution in [0.5, 0.6) is 0 Å². The number of carbonyl (C=O) groups is 2. The highest BCUT2D eigenvalue weighted by atomic mass is 32.2. The third-order valence-corrected chi connectivity index (χ3v) is 11.0. The Morgan fingerprint density at radius 2 is 1.97 bits per heavy atom. The molecule has 0 amide bonds. The van der Waals surface area contributed by atoms with Gasteiger partial charge in [0.15, 0.2) is 0 Å². The molecule has 10 atom stereocenters. The number of thioether (sulfide) groups is 1. The van der Waals surface area contributed by atoms with Gasteiger partial charge in [-0.3, -0.25) is 9.59 Å². The van der Waals surface area contributed by atoms with E-state index in [0.29, 0.717) is 25.7 Å². The number of carbonyl (C=O) groups excluding carboxylic acids is 2. The normalized spacial score (nSPS) is 48.8. The molecule has 6 nitrogen and oxygen atoms in total. The van der Waals surface area contributed by atoms with Crippen molar-refractivity contribution in [3.05, 3.63) is 0 Å². The standard InChI is InChI=1S/C25H41NO5S/c1-4-15-9-21(31-22(30)13-32-20-6-5-16(26)10-18(20)28)24(3)14(2)11-25(12-19(15)29)8-7-17(27)23(24)25/h14-16,18-21,23,28-29H,4-13,26H2,1-3H3/t14-,15+,16-,18-,19-,20-,21+,23+,24+,25-/m1/s1. The second-order valence-corrected chi connectivity index (χ2v) is 12.6. The maximum absolute atomic E-state index is 13.1. The fourth-order valence-electron chi connectivity index (χ4n) is 7.75. The number of Topliss-reactive ketones (excluding diaryl/α,β-unsaturated/α-hetero) is 1. The van der Waals surface area contributed by atoms with Crippen molar-refractivity contribution in [3.8, 4) is 0 Å². The van der Waals surface area contributed by atoms with Crippen LogP contribution in [0.2, 0.25) is 0 Å². The number of aliphatic hydroxyl groups excluding tert-OH is 2. The Balaban J connectivity index is 1.52. The van der Waals surface area contributed by atoms with Crippen molar-refractivity contribution in [1.29, 1.82) is 0 Å². The van der Waals surface area contributed by atoms with Gasteiger partial charge in [-0.25, -0.2) is 0 Å². The maximum Gasteiger partial charge on any atom is 0.316 e. The summed E-state index contributed by atoms with van der Waals surface area (Å²) in [5.74, 6) is 0.400. The lowest BCUT2D eigenvalue weighted by Crippen LogP contribution is -2.50. The molecule has 4 fully saturated rings. The van der Waals surface area contributed by atoms with Crippen LogP contribution in [0.1, 0.15) is 78.6 Å². The van der Waals surface area contributed by atoms with E-state index in [0.717, 1.165) is 32.1 Å². The summed E-state index contributed by atoms with van der Waals surface area (Å²) in [5.41, 5.74) is 5.40. The topological polar surface area (TPSA) is 110 Å². The average Bonchev–Trinajstić information content (AvgIpc) is 3.16. The van der Waals surface area contributed by atoms with Gasteiger partial charge in [-0.05, 0) is 62.2 Å². The van der Waals surface area contributed by atoms with Gasteiger partial charge in [0.05, 0.1) is 18.0 Å². The summed E-state index contributed by atoms with van der Waals surface area (Å²) in [6.07, 6.45) is 5.42. The summed E-state index contributed by atoms with van der Waals surface area (Å²) in [4.78, 5) is 26.1. The molecule has 4 saturated carbocycles. The fraction of sp³-hybridized carbons (Fsp3) is 0.920. The van der Waals surface area contributed by atoms with Crippen molar-refractivity contribution in [3.63, 3.8) is 0 Å². The van der Waals surface area contributed by atoms with Crippen molar-refractivity contribution in [2.24, 2.45) is 34.3 Å². The molecule has 0 unspecified atom stereocenters. The molecule has 4 N–H and O–H groups in total. The van der Waals surface area contributed by atoms with Gasteiger partial charge in [0, 0.05) is 29.0 Å². The van der Waals surface area contributed by atoms with E-state index in [-0.39, 0.29) is 58.1 Å². The summed E-state index contributed by atoms with van der Waals surface area (Å²) in [6.45, 7) is 6.44. The van der Waals surface area contributed by atoms with E-state index >= 15 is 0 Å². The Hall–Kier alpha value is -0.630. The average molecular weight is 468 g/mol. The summed E-state index contributed by atoms with van der Waals surface area (Å²) in [6, 6.07) is 0.0362. The van der Waals surface area contributed by atoms with Crippen LogP contribution in [-0.2, 0) is 14.3 Å². The van der Waals surface area contributed by atoms with Crippen LogP contribution >= 0.6 is 11.8 Å². The van der Waals surface area contributed by atoms with Crippen LogP contribution in [0.25, 0.3) is 0 Å². The number of hydrogen-bond donors (Lipinski definition) is 3. The smallest absolute Gasteiger partial charge is 0.316 e. The molecular weight excluding hydrogens is 426 g/mol. The van der Waals surface area contributed by atoms with Crippen LogP contribution < -0.4 is 5.73 Å². The quantitative estimate of drug-likeness (QED) is 0.533. The first kappa shape index (κ1) is 24.5. The zero-order valence-corrected chi connectivity index (χ0v) is 20.6. The van der Waals surface area contributed by atoms with Gasteiger partial charge in [-0.1, -0.05) is 27.2 Å². The Morgan fingerprint density at radius 3 is 2.66 bits per heavy atom. The van der Waals surface area contributed by atoms with Crippen molar-refractivity contribution >= 4 is 23.5 Å². The summed E-state index contributed by atoms with van der Waals surface area (Å²) in [5, 5.41) is 21.4. The maximum atomic E-state index is 13.1. The fourth-order valence-corrected chi connectivity index (χ4v) is 8.80. The van der Waals surface area contributed by atoms with E-state index in [9.17, 15) is 19.8 Å². The number of aliphatic hydroxyl groups is 2. The van der Waals surface area contributed by atoms with Crippen molar-refractivity contribution in [2.75, 3.05) is 5.75 Å². The van der Waals surface area contributed by atoms with E-state index in [1.54, 1.807) is 0 Å². The van der Waals surface area contributed by atoms with Gasteiger partial charge in [0.2, 0.25) is 0 Å². The number of ketones is 1. The summed E-state index contributed by atoms with van der Waals surface area (Å²) < 4.78 is 6.18. The number of nitrogens with two attached hydrogens (primary N) is 1. The summed E-state index contributed by atoms with van der Waals surface area (Å²) in [7, 11) is 0. The SMILES string of the molecule is CC[C@H]1C[C@H](OC(=O)CS[C@@H]2CC[C@@H](N)C[C@H]2O)[C@]2(C)[C@H](C)C[C@]3(CCC(=O)[C@H]32)C[C@H]1O. The van der Waals surface area contributed by atoms with Gasteiger partial charge in [-0.15, -0.1) is 11.8 Å². The molecule has 4 aliphatic rings. The molecule has 0 aromatic heterocycles. The molecule has 0 radical (unpaired) electrons. The molecule has 0 aliphatic heterocycles. The molecule has 182 valence electrons. The van der Waals surface area contributed by atoms with Crippen LogP contribution in [-0.4, -0.2) is 57.3 Å². The van der Waals surface area contributed by atoms with Crippen molar-refractivity contribution in [1.82, 2.24) is 0 Å². The van der Waals surface area contributed by atoms with E-state index in [2.05, 4.69) is 20.8 Å². The molecule has 2 bridgehead atoms. The number of rotatable bonds is 5. The second kappa shape index (κ2) is 9.20. The van der Waals surface area contributed by atoms with Crippen LogP contribution in [0.4, 0.5) is 0 Å². The number of ether oxygens (including phenoxy) is 1. The highest BCUT2D eigenvalue weighted by Crippen LogP contribution is 2.68.